The van der Waals surface area contributed by atoms with Crippen LogP contribution in [0, 0.1) is 10.8 Å². The van der Waals surface area contributed by atoms with Crippen molar-refractivity contribution in [1.29, 1.82) is 10.8 Å². The largest absolute Gasteiger partial charge is 0.322 e. The molecule has 2 N–H and O–H groups in total. The van der Waals surface area contributed by atoms with Crippen molar-refractivity contribution in [2.24, 2.45) is 0 Å². The molecule has 0 aromatic heterocycles. The van der Waals surface area contributed by atoms with Crippen molar-refractivity contribution >= 4 is 12.7 Å². The maximum Gasteiger partial charge on any atom is 0.0871 e. The Morgan fingerprint density at radius 3 is 1.62 bits per heavy atom. The summed E-state index contributed by atoms with van der Waals surface area (Å²) in [5, 5.41) is 13.5. The Balaban J connectivity index is 3.68. The molecule has 0 heterocycles. The van der Waals surface area contributed by atoms with E-state index in [0.717, 1.165) is 12.7 Å². The van der Waals surface area contributed by atoms with Gasteiger partial charge in [0.2, 0.25) is 0 Å². The van der Waals surface area contributed by atoms with Gasteiger partial charge in [0.15, 0.2) is 0 Å². The van der Waals surface area contributed by atoms with Crippen molar-refractivity contribution in [3.63, 3.8) is 0 Å². The van der Waals surface area contributed by atoms with Crippen LogP contribution < -0.4 is 0 Å². The van der Waals surface area contributed by atoms with E-state index in [0.29, 0.717) is 0 Å². The van der Waals surface area contributed by atoms with Crippen molar-refractivity contribution in [2.75, 3.05) is 0 Å². The lowest BCUT2D eigenvalue weighted by Gasteiger charge is -2.15. The topological polar surface area (TPSA) is 50.9 Å². The van der Waals surface area contributed by atoms with Crippen LogP contribution in [-0.2, 0) is 0 Å². The van der Waals surface area contributed by atoms with Gasteiger partial charge >= 0.3 is 0 Å². The molecular formula is C5H11N3. The van der Waals surface area contributed by atoms with Gasteiger partial charge in [-0.25, -0.2) is 0 Å². The maximum atomic E-state index is 6.74. The molecule has 46 valence electrons. The summed E-state index contributed by atoms with van der Waals surface area (Å²) in [4.78, 5) is 1.50. The molecule has 0 bridgehead atoms. The summed E-state index contributed by atoms with van der Waals surface area (Å²) in [6.45, 7) is 3.85. The average molecular weight is 113 g/mol. The van der Waals surface area contributed by atoms with Gasteiger partial charge in [0.1, 0.15) is 0 Å². The molecule has 0 aliphatic heterocycles. The highest BCUT2D eigenvalue weighted by Gasteiger charge is 1.96. The Bertz CT molecular complexity index is 79.7. The number of nitrogens with one attached hydrogen (secondary N) is 2. The first-order chi connectivity index (χ1) is 3.72. The summed E-state index contributed by atoms with van der Waals surface area (Å²) < 4.78 is 0. The third-order valence-corrected chi connectivity index (χ3v) is 0.894. The molecule has 0 atom stereocenters. The standard InChI is InChI=1S/C5H11N3/c1-5(2)8(3-6)4-7/h3-7H,1-2H3. The molecule has 0 aromatic rings. The van der Waals surface area contributed by atoms with E-state index < -0.39 is 0 Å². The second-order valence-electron chi connectivity index (χ2n) is 1.80. The lowest BCUT2D eigenvalue weighted by atomic mass is 10.4. The Labute approximate surface area is 49.3 Å². The van der Waals surface area contributed by atoms with E-state index in [9.17, 15) is 0 Å². The van der Waals surface area contributed by atoms with Gasteiger partial charge in [0, 0.05) is 6.04 Å². The minimum Gasteiger partial charge on any atom is -0.322 e. The highest BCUT2D eigenvalue weighted by molar-refractivity contribution is 5.72. The van der Waals surface area contributed by atoms with E-state index in [2.05, 4.69) is 0 Å². The third-order valence-electron chi connectivity index (χ3n) is 0.894. The van der Waals surface area contributed by atoms with E-state index in [-0.39, 0.29) is 6.04 Å². The smallest absolute Gasteiger partial charge is 0.0871 e. The lowest BCUT2D eigenvalue weighted by Crippen LogP contribution is -2.26. The fourth-order valence-electron chi connectivity index (χ4n) is 0.335. The monoisotopic (exact) mass is 113 g/mol. The van der Waals surface area contributed by atoms with Gasteiger partial charge in [-0.15, -0.1) is 0 Å². The Kier molecular flexibility index (Phi) is 2.84. The molecule has 0 unspecified atom stereocenters. The van der Waals surface area contributed by atoms with Crippen molar-refractivity contribution < 1.29 is 0 Å². The number of hydrogen-bond donors (Lipinski definition) is 2. The first kappa shape index (κ1) is 7.14. The Hall–Kier alpha value is -0.860. The van der Waals surface area contributed by atoms with Crippen molar-refractivity contribution in [1.82, 2.24) is 4.90 Å². The van der Waals surface area contributed by atoms with Crippen molar-refractivity contribution in [2.45, 2.75) is 19.9 Å². The maximum absolute atomic E-state index is 6.74. The van der Waals surface area contributed by atoms with E-state index >= 15 is 0 Å². The normalized spacial score (nSPS) is 8.88. The number of hydrogen-bond acceptors (Lipinski definition) is 2. The van der Waals surface area contributed by atoms with Gasteiger partial charge in [0.05, 0.1) is 12.7 Å². The van der Waals surface area contributed by atoms with Crippen LogP contribution in [0.1, 0.15) is 13.8 Å². The zero-order chi connectivity index (χ0) is 6.57. The number of rotatable bonds is 3. The molecule has 0 saturated carbocycles. The summed E-state index contributed by atoms with van der Waals surface area (Å²) in [6.07, 6.45) is 2.27. The molecule has 8 heavy (non-hydrogen) atoms. The lowest BCUT2D eigenvalue weighted by molar-refractivity contribution is 0.520. The molecule has 0 fully saturated rings. The zero-order valence-electron chi connectivity index (χ0n) is 5.18. The van der Waals surface area contributed by atoms with E-state index in [1.165, 1.54) is 4.90 Å². The minimum atomic E-state index is 0.227. The summed E-state index contributed by atoms with van der Waals surface area (Å²) in [5.41, 5.74) is 0. The fraction of sp³-hybridized carbons (Fsp3) is 0.600. The minimum absolute atomic E-state index is 0.227. The van der Waals surface area contributed by atoms with Gasteiger partial charge < -0.3 is 4.90 Å². The molecule has 0 rings (SSSR count). The van der Waals surface area contributed by atoms with E-state index in [1.807, 2.05) is 13.8 Å². The van der Waals surface area contributed by atoms with Crippen LogP contribution in [0.2, 0.25) is 0 Å². The summed E-state index contributed by atoms with van der Waals surface area (Å²) >= 11 is 0. The van der Waals surface area contributed by atoms with Crippen molar-refractivity contribution in [3.8, 4) is 0 Å². The molecule has 0 amide bonds. The number of nitrogens with zero attached hydrogens (tertiary/aromatic N) is 1. The van der Waals surface area contributed by atoms with Gasteiger partial charge in [-0.1, -0.05) is 0 Å². The molecule has 0 aromatic carbocycles. The first-order valence-electron chi connectivity index (χ1n) is 2.51. The van der Waals surface area contributed by atoms with Crippen LogP contribution in [0.15, 0.2) is 0 Å². The summed E-state index contributed by atoms with van der Waals surface area (Å²) in [5.74, 6) is 0. The van der Waals surface area contributed by atoms with Crippen LogP contribution in [0.25, 0.3) is 0 Å². The first-order valence-corrected chi connectivity index (χ1v) is 2.51. The molecule has 3 nitrogen and oxygen atoms in total. The second kappa shape index (κ2) is 3.18. The molecular weight excluding hydrogens is 102 g/mol. The van der Waals surface area contributed by atoms with E-state index in [1.54, 1.807) is 0 Å². The molecule has 0 aliphatic carbocycles. The predicted molar refractivity (Wildman–Crippen MR) is 34.5 cm³/mol. The Morgan fingerprint density at radius 1 is 1.25 bits per heavy atom. The van der Waals surface area contributed by atoms with Crippen LogP contribution in [0.4, 0.5) is 0 Å². The quantitative estimate of drug-likeness (QED) is 0.415. The SMILES string of the molecule is CC(C)N(C=N)C=N. The van der Waals surface area contributed by atoms with Gasteiger partial charge in [-0.05, 0) is 13.8 Å². The summed E-state index contributed by atoms with van der Waals surface area (Å²) in [7, 11) is 0. The fourth-order valence-corrected chi connectivity index (χ4v) is 0.335. The molecule has 0 radical (unpaired) electrons. The highest BCUT2D eigenvalue weighted by Crippen LogP contribution is 1.87. The van der Waals surface area contributed by atoms with Crippen LogP contribution in [0.3, 0.4) is 0 Å². The van der Waals surface area contributed by atoms with Crippen LogP contribution in [0.5, 0.6) is 0 Å². The van der Waals surface area contributed by atoms with Gasteiger partial charge in [-0.3, -0.25) is 10.8 Å². The zero-order valence-corrected chi connectivity index (χ0v) is 5.18. The Morgan fingerprint density at radius 2 is 1.62 bits per heavy atom. The van der Waals surface area contributed by atoms with E-state index in [4.69, 9.17) is 10.8 Å². The third kappa shape index (κ3) is 1.73. The predicted octanol–water partition coefficient (Wildman–Crippen LogP) is 0.911. The summed E-state index contributed by atoms with van der Waals surface area (Å²) in [6, 6.07) is 0.227. The van der Waals surface area contributed by atoms with Crippen LogP contribution in [-0.4, -0.2) is 23.6 Å². The van der Waals surface area contributed by atoms with Gasteiger partial charge in [0.25, 0.3) is 0 Å². The highest BCUT2D eigenvalue weighted by atomic mass is 15.2. The molecule has 0 aliphatic rings. The molecule has 0 saturated heterocycles. The molecule has 3 heteroatoms. The second-order valence-corrected chi connectivity index (χ2v) is 1.80. The average Bonchev–Trinajstić information content (AvgIpc) is 1.69. The molecule has 0 spiro atoms. The van der Waals surface area contributed by atoms with Crippen LogP contribution >= 0.6 is 0 Å². The van der Waals surface area contributed by atoms with Gasteiger partial charge in [-0.2, -0.15) is 0 Å². The van der Waals surface area contributed by atoms with Crippen molar-refractivity contribution in [3.05, 3.63) is 0 Å².